The molecule has 1 nitrogen and oxygen atoms in total. The Hall–Kier alpha value is -1.86. The molecule has 0 spiro atoms. The molecule has 0 aliphatic rings. The smallest absolute Gasteiger partial charge is 0.0709 e. The van der Waals surface area contributed by atoms with Gasteiger partial charge in [0.05, 0.1) is 10.7 Å². The molecule has 0 unspecified atom stereocenters. The van der Waals surface area contributed by atoms with Gasteiger partial charge in [0.2, 0.25) is 0 Å². The van der Waals surface area contributed by atoms with E-state index in [4.69, 9.17) is 11.6 Å². The summed E-state index contributed by atoms with van der Waals surface area (Å²) < 4.78 is 0. The molecule has 0 saturated carbocycles. The van der Waals surface area contributed by atoms with Gasteiger partial charge < -0.3 is 0 Å². The Bertz CT molecular complexity index is 654. The number of hydrogen-bond donors (Lipinski definition) is 0. The molecule has 0 bridgehead atoms. The Labute approximate surface area is 105 Å². The first kappa shape index (κ1) is 10.3. The van der Waals surface area contributed by atoms with Crippen LogP contribution >= 0.6 is 11.6 Å². The molecular weight excluding hydrogens is 230 g/mol. The zero-order valence-electron chi connectivity index (χ0n) is 9.10. The van der Waals surface area contributed by atoms with Crippen molar-refractivity contribution in [1.82, 2.24) is 4.98 Å². The molecule has 1 aromatic heterocycles. The van der Waals surface area contributed by atoms with Gasteiger partial charge in [-0.3, -0.25) is 4.98 Å². The van der Waals surface area contributed by atoms with Gasteiger partial charge in [-0.25, -0.2) is 0 Å². The SMILES string of the molecule is Clc1ccc(-c2cccc3ccccc23)nc1. The molecule has 0 atom stereocenters. The van der Waals surface area contributed by atoms with Gasteiger partial charge >= 0.3 is 0 Å². The van der Waals surface area contributed by atoms with Crippen LogP contribution in [0.25, 0.3) is 22.0 Å². The Morgan fingerprint density at radius 1 is 0.824 bits per heavy atom. The Morgan fingerprint density at radius 3 is 2.47 bits per heavy atom. The summed E-state index contributed by atoms with van der Waals surface area (Å²) in [5.74, 6) is 0. The molecule has 0 aliphatic heterocycles. The third-order valence-corrected chi connectivity index (χ3v) is 3.02. The number of fused-ring (bicyclic) bond motifs is 1. The predicted octanol–water partition coefficient (Wildman–Crippen LogP) is 4.56. The zero-order chi connectivity index (χ0) is 11.7. The number of benzene rings is 2. The maximum absolute atomic E-state index is 5.85. The monoisotopic (exact) mass is 239 g/mol. The van der Waals surface area contributed by atoms with Crippen LogP contribution in [0.3, 0.4) is 0 Å². The van der Waals surface area contributed by atoms with Crippen LogP contribution in [0.5, 0.6) is 0 Å². The summed E-state index contributed by atoms with van der Waals surface area (Å²) in [6, 6.07) is 18.4. The van der Waals surface area contributed by atoms with Crippen LogP contribution < -0.4 is 0 Å². The van der Waals surface area contributed by atoms with Gasteiger partial charge in [0.15, 0.2) is 0 Å². The average Bonchev–Trinajstić information content (AvgIpc) is 2.39. The summed E-state index contributed by atoms with van der Waals surface area (Å²) in [5.41, 5.74) is 2.09. The van der Waals surface area contributed by atoms with Gasteiger partial charge in [0.25, 0.3) is 0 Å². The molecule has 3 aromatic rings. The summed E-state index contributed by atoms with van der Waals surface area (Å²) in [5, 5.41) is 3.10. The first-order chi connectivity index (χ1) is 8.34. The Balaban J connectivity index is 2.27. The molecule has 0 aliphatic carbocycles. The summed E-state index contributed by atoms with van der Waals surface area (Å²) >= 11 is 5.85. The fourth-order valence-corrected chi connectivity index (χ4v) is 2.10. The van der Waals surface area contributed by atoms with Crippen molar-refractivity contribution < 1.29 is 0 Å². The van der Waals surface area contributed by atoms with Crippen molar-refractivity contribution >= 4 is 22.4 Å². The largest absolute Gasteiger partial charge is 0.255 e. The second-order valence-electron chi connectivity index (χ2n) is 3.89. The summed E-state index contributed by atoms with van der Waals surface area (Å²) in [4.78, 5) is 4.37. The van der Waals surface area contributed by atoms with Gasteiger partial charge in [-0.15, -0.1) is 0 Å². The molecule has 0 fully saturated rings. The van der Waals surface area contributed by atoms with Gasteiger partial charge in [0, 0.05) is 11.8 Å². The van der Waals surface area contributed by atoms with Crippen LogP contribution in [0.15, 0.2) is 60.8 Å². The van der Waals surface area contributed by atoms with Crippen LogP contribution in [0.4, 0.5) is 0 Å². The minimum atomic E-state index is 0.661. The van der Waals surface area contributed by atoms with E-state index in [1.807, 2.05) is 30.3 Å². The van der Waals surface area contributed by atoms with E-state index in [1.165, 1.54) is 10.8 Å². The van der Waals surface area contributed by atoms with Crippen molar-refractivity contribution in [3.8, 4) is 11.3 Å². The van der Waals surface area contributed by atoms with Crippen molar-refractivity contribution in [2.45, 2.75) is 0 Å². The van der Waals surface area contributed by atoms with E-state index < -0.39 is 0 Å². The minimum Gasteiger partial charge on any atom is -0.255 e. The fraction of sp³-hybridized carbons (Fsp3) is 0. The first-order valence-corrected chi connectivity index (χ1v) is 5.82. The fourth-order valence-electron chi connectivity index (χ4n) is 1.98. The lowest BCUT2D eigenvalue weighted by Gasteiger charge is -2.05. The first-order valence-electron chi connectivity index (χ1n) is 5.44. The third kappa shape index (κ3) is 1.90. The van der Waals surface area contributed by atoms with Crippen molar-refractivity contribution in [2.24, 2.45) is 0 Å². The molecule has 2 aromatic carbocycles. The standard InChI is InChI=1S/C15H10ClN/c16-12-8-9-15(17-10-12)14-7-3-5-11-4-1-2-6-13(11)14/h1-10H. The average molecular weight is 240 g/mol. The van der Waals surface area contributed by atoms with Crippen LogP contribution in [0.2, 0.25) is 5.02 Å². The Kier molecular flexibility index (Phi) is 2.54. The van der Waals surface area contributed by atoms with E-state index in [1.54, 1.807) is 6.20 Å². The van der Waals surface area contributed by atoms with Gasteiger partial charge in [-0.1, -0.05) is 54.1 Å². The van der Waals surface area contributed by atoms with Gasteiger partial charge in [-0.2, -0.15) is 0 Å². The molecular formula is C15H10ClN. The molecule has 3 rings (SSSR count). The number of hydrogen-bond acceptors (Lipinski definition) is 1. The second-order valence-corrected chi connectivity index (χ2v) is 4.32. The molecule has 0 saturated heterocycles. The van der Waals surface area contributed by atoms with Crippen molar-refractivity contribution in [3.05, 3.63) is 65.8 Å². The molecule has 0 amide bonds. The number of rotatable bonds is 1. The molecule has 1 heterocycles. The highest BCUT2D eigenvalue weighted by atomic mass is 35.5. The van der Waals surface area contributed by atoms with E-state index in [0.717, 1.165) is 11.3 Å². The number of pyridine rings is 1. The van der Waals surface area contributed by atoms with E-state index in [9.17, 15) is 0 Å². The van der Waals surface area contributed by atoms with Crippen molar-refractivity contribution in [3.63, 3.8) is 0 Å². The highest BCUT2D eigenvalue weighted by Gasteiger charge is 2.03. The summed E-state index contributed by atoms with van der Waals surface area (Å²) in [6.45, 7) is 0. The lowest BCUT2D eigenvalue weighted by atomic mass is 10.0. The van der Waals surface area contributed by atoms with E-state index in [2.05, 4.69) is 29.2 Å². The maximum Gasteiger partial charge on any atom is 0.0709 e. The van der Waals surface area contributed by atoms with Crippen LogP contribution in [-0.2, 0) is 0 Å². The van der Waals surface area contributed by atoms with E-state index >= 15 is 0 Å². The molecule has 82 valence electrons. The quantitative estimate of drug-likeness (QED) is 0.607. The third-order valence-electron chi connectivity index (χ3n) is 2.79. The highest BCUT2D eigenvalue weighted by molar-refractivity contribution is 6.30. The highest BCUT2D eigenvalue weighted by Crippen LogP contribution is 2.27. The Morgan fingerprint density at radius 2 is 1.65 bits per heavy atom. The minimum absolute atomic E-state index is 0.661. The molecule has 0 N–H and O–H groups in total. The normalized spacial score (nSPS) is 10.6. The van der Waals surface area contributed by atoms with Crippen molar-refractivity contribution in [2.75, 3.05) is 0 Å². The number of halogens is 1. The number of nitrogens with zero attached hydrogens (tertiary/aromatic N) is 1. The zero-order valence-corrected chi connectivity index (χ0v) is 9.85. The molecule has 17 heavy (non-hydrogen) atoms. The molecule has 2 heteroatoms. The molecule has 0 radical (unpaired) electrons. The topological polar surface area (TPSA) is 12.9 Å². The second kappa shape index (κ2) is 4.19. The summed E-state index contributed by atoms with van der Waals surface area (Å²) in [7, 11) is 0. The van der Waals surface area contributed by atoms with Crippen LogP contribution in [-0.4, -0.2) is 4.98 Å². The van der Waals surface area contributed by atoms with E-state index in [-0.39, 0.29) is 0 Å². The van der Waals surface area contributed by atoms with Crippen molar-refractivity contribution in [1.29, 1.82) is 0 Å². The predicted molar refractivity (Wildman–Crippen MR) is 72.2 cm³/mol. The van der Waals surface area contributed by atoms with Crippen LogP contribution in [0.1, 0.15) is 0 Å². The summed E-state index contributed by atoms with van der Waals surface area (Å²) in [6.07, 6.45) is 1.68. The van der Waals surface area contributed by atoms with Crippen LogP contribution in [0, 0.1) is 0 Å². The maximum atomic E-state index is 5.85. The number of aromatic nitrogens is 1. The van der Waals surface area contributed by atoms with Gasteiger partial charge in [-0.05, 0) is 22.9 Å². The van der Waals surface area contributed by atoms with E-state index in [0.29, 0.717) is 5.02 Å². The van der Waals surface area contributed by atoms with Gasteiger partial charge in [0.1, 0.15) is 0 Å². The lowest BCUT2D eigenvalue weighted by molar-refractivity contribution is 1.33. The lowest BCUT2D eigenvalue weighted by Crippen LogP contribution is -1.84.